The third kappa shape index (κ3) is 4.30. The van der Waals surface area contributed by atoms with Crippen LogP contribution in [0.2, 0.25) is 0 Å². The number of hydrogen-bond donors (Lipinski definition) is 2. The van der Waals surface area contributed by atoms with Crippen LogP contribution in [-0.2, 0) is 4.74 Å². The van der Waals surface area contributed by atoms with Gasteiger partial charge in [0, 0.05) is 11.3 Å². The lowest BCUT2D eigenvalue weighted by Crippen LogP contribution is -2.48. The lowest BCUT2D eigenvalue weighted by Gasteiger charge is -2.35. The van der Waals surface area contributed by atoms with E-state index in [1.165, 1.54) is 0 Å². The summed E-state index contributed by atoms with van der Waals surface area (Å²) in [6, 6.07) is 0. The van der Waals surface area contributed by atoms with Crippen LogP contribution in [0.25, 0.3) is 0 Å². The van der Waals surface area contributed by atoms with Gasteiger partial charge >= 0.3 is 6.09 Å². The monoisotopic (exact) mass is 245 g/mol. The van der Waals surface area contributed by atoms with Crippen LogP contribution in [0.1, 0.15) is 26.7 Å². The van der Waals surface area contributed by atoms with Crippen molar-refractivity contribution < 1.29 is 9.53 Å². The Morgan fingerprint density at radius 1 is 1.75 bits per heavy atom. The molecule has 0 radical (unpaired) electrons. The third-order valence-corrected chi connectivity index (χ3v) is 3.59. The summed E-state index contributed by atoms with van der Waals surface area (Å²) in [5, 5.41) is 4.34. The lowest BCUT2D eigenvalue weighted by atomic mass is 9.96. The molecular weight excluding hydrogens is 226 g/mol. The molecule has 0 aliphatic carbocycles. The van der Waals surface area contributed by atoms with Gasteiger partial charge in [-0.3, -0.25) is 4.99 Å². The van der Waals surface area contributed by atoms with E-state index in [-0.39, 0.29) is 12.1 Å². The summed E-state index contributed by atoms with van der Waals surface area (Å²) in [5.74, 6) is 1.08. The van der Waals surface area contributed by atoms with Crippen molar-refractivity contribution in [2.75, 3.05) is 18.9 Å². The SMILES string of the molecule is CCC1(C)CCSC(=NCCOC(N)=O)N1. The first kappa shape index (κ1) is 13.2. The number of hydrogen-bond acceptors (Lipinski definition) is 4. The summed E-state index contributed by atoms with van der Waals surface area (Å²) in [4.78, 5) is 14.7. The van der Waals surface area contributed by atoms with Crippen LogP contribution in [0.3, 0.4) is 0 Å². The predicted molar refractivity (Wildman–Crippen MR) is 66.7 cm³/mol. The van der Waals surface area contributed by atoms with Crippen LogP contribution in [0, 0.1) is 0 Å². The number of rotatable bonds is 4. The van der Waals surface area contributed by atoms with E-state index < -0.39 is 6.09 Å². The van der Waals surface area contributed by atoms with Crippen LogP contribution in [0.4, 0.5) is 4.79 Å². The van der Waals surface area contributed by atoms with Crippen molar-refractivity contribution in [3.8, 4) is 0 Å². The molecule has 1 aliphatic heterocycles. The topological polar surface area (TPSA) is 76.7 Å². The zero-order valence-electron chi connectivity index (χ0n) is 9.78. The van der Waals surface area contributed by atoms with Crippen molar-refractivity contribution in [3.63, 3.8) is 0 Å². The highest BCUT2D eigenvalue weighted by Gasteiger charge is 2.27. The summed E-state index contributed by atoms with van der Waals surface area (Å²) in [6.07, 6.45) is 1.47. The number of amides is 1. The van der Waals surface area contributed by atoms with Crippen LogP contribution >= 0.6 is 11.8 Å². The van der Waals surface area contributed by atoms with E-state index in [0.29, 0.717) is 6.54 Å². The second-order valence-corrected chi connectivity index (χ2v) is 5.08. The number of aliphatic imine (C=N–C) groups is 1. The van der Waals surface area contributed by atoms with E-state index in [1.807, 2.05) is 0 Å². The average molecular weight is 245 g/mol. The van der Waals surface area contributed by atoms with Gasteiger partial charge in [-0.15, -0.1) is 0 Å². The molecule has 92 valence electrons. The van der Waals surface area contributed by atoms with Gasteiger partial charge in [0.2, 0.25) is 0 Å². The number of primary amides is 1. The fourth-order valence-electron chi connectivity index (χ4n) is 1.37. The minimum atomic E-state index is -0.747. The van der Waals surface area contributed by atoms with Gasteiger partial charge in [-0.25, -0.2) is 4.79 Å². The average Bonchev–Trinajstić information content (AvgIpc) is 2.24. The maximum Gasteiger partial charge on any atom is 0.404 e. The van der Waals surface area contributed by atoms with Gasteiger partial charge in [0.25, 0.3) is 0 Å². The van der Waals surface area contributed by atoms with Gasteiger partial charge in [0.1, 0.15) is 6.61 Å². The highest BCUT2D eigenvalue weighted by molar-refractivity contribution is 8.13. The summed E-state index contributed by atoms with van der Waals surface area (Å²) < 4.78 is 4.61. The highest BCUT2D eigenvalue weighted by Crippen LogP contribution is 2.24. The molecule has 1 atom stereocenters. The van der Waals surface area contributed by atoms with Crippen molar-refractivity contribution in [1.29, 1.82) is 0 Å². The molecular formula is C10H19N3O2S. The summed E-state index contributed by atoms with van der Waals surface area (Å²) >= 11 is 1.71. The molecule has 0 aromatic carbocycles. The number of nitrogens with two attached hydrogens (primary N) is 1. The van der Waals surface area contributed by atoms with Crippen LogP contribution in [-0.4, -0.2) is 35.7 Å². The quantitative estimate of drug-likeness (QED) is 0.733. The van der Waals surface area contributed by atoms with Crippen LogP contribution in [0.5, 0.6) is 0 Å². The molecule has 0 saturated carbocycles. The Labute approximate surface area is 100 Å². The van der Waals surface area contributed by atoms with E-state index in [0.717, 1.165) is 23.8 Å². The molecule has 3 N–H and O–H groups in total. The molecule has 1 unspecified atom stereocenters. The number of carbonyl (C=O) groups is 1. The summed E-state index contributed by atoms with van der Waals surface area (Å²) in [6.45, 7) is 5.06. The minimum absolute atomic E-state index is 0.147. The predicted octanol–water partition coefficient (Wildman–Crippen LogP) is 1.33. The third-order valence-electron chi connectivity index (χ3n) is 2.67. The first-order chi connectivity index (χ1) is 7.56. The number of thioether (sulfide) groups is 1. The molecule has 1 fully saturated rings. The lowest BCUT2D eigenvalue weighted by molar-refractivity contribution is 0.160. The zero-order chi connectivity index (χ0) is 12.0. The summed E-state index contributed by atoms with van der Waals surface area (Å²) in [7, 11) is 0. The number of nitrogens with one attached hydrogen (secondary N) is 1. The molecule has 6 heteroatoms. The minimum Gasteiger partial charge on any atom is -0.448 e. The highest BCUT2D eigenvalue weighted by atomic mass is 32.2. The first-order valence-electron chi connectivity index (χ1n) is 5.43. The van der Waals surface area contributed by atoms with Crippen molar-refractivity contribution >= 4 is 23.0 Å². The molecule has 1 amide bonds. The van der Waals surface area contributed by atoms with E-state index in [2.05, 4.69) is 28.9 Å². The Hall–Kier alpha value is -0.910. The molecule has 1 saturated heterocycles. The largest absolute Gasteiger partial charge is 0.448 e. The summed E-state index contributed by atoms with van der Waals surface area (Å²) in [5.41, 5.74) is 4.99. The Morgan fingerprint density at radius 3 is 3.12 bits per heavy atom. The molecule has 5 nitrogen and oxygen atoms in total. The van der Waals surface area contributed by atoms with E-state index >= 15 is 0 Å². The Kier molecular flexibility index (Phi) is 4.92. The fraction of sp³-hybridized carbons (Fsp3) is 0.800. The fourth-order valence-corrected chi connectivity index (χ4v) is 2.62. The van der Waals surface area contributed by atoms with Gasteiger partial charge in [-0.2, -0.15) is 0 Å². The van der Waals surface area contributed by atoms with Gasteiger partial charge in [-0.05, 0) is 19.8 Å². The van der Waals surface area contributed by atoms with Gasteiger partial charge < -0.3 is 15.8 Å². The Balaban J connectivity index is 2.35. The number of nitrogens with zero attached hydrogens (tertiary/aromatic N) is 1. The van der Waals surface area contributed by atoms with Crippen molar-refractivity contribution in [3.05, 3.63) is 0 Å². The van der Waals surface area contributed by atoms with Gasteiger partial charge in [0.15, 0.2) is 5.17 Å². The Morgan fingerprint density at radius 2 is 2.50 bits per heavy atom. The molecule has 0 spiro atoms. The van der Waals surface area contributed by atoms with E-state index in [9.17, 15) is 4.79 Å². The normalized spacial score (nSPS) is 27.5. The molecule has 0 aromatic heterocycles. The molecule has 0 aromatic rings. The number of amidine groups is 1. The Bertz CT molecular complexity index is 283. The smallest absolute Gasteiger partial charge is 0.404 e. The molecule has 1 heterocycles. The van der Waals surface area contributed by atoms with Crippen molar-refractivity contribution in [1.82, 2.24) is 5.32 Å². The van der Waals surface area contributed by atoms with Crippen LogP contribution < -0.4 is 11.1 Å². The van der Waals surface area contributed by atoms with Crippen molar-refractivity contribution in [2.45, 2.75) is 32.2 Å². The standard InChI is InChI=1S/C10H19N3O2S/c1-3-10(2)4-7-16-9(13-10)12-5-6-15-8(11)14/h3-7H2,1-2H3,(H2,11,14)(H,12,13). The number of ether oxygens (including phenoxy) is 1. The molecule has 1 aliphatic rings. The maximum absolute atomic E-state index is 10.3. The molecule has 16 heavy (non-hydrogen) atoms. The van der Waals surface area contributed by atoms with Crippen LogP contribution in [0.15, 0.2) is 4.99 Å². The van der Waals surface area contributed by atoms with Gasteiger partial charge in [0.05, 0.1) is 6.54 Å². The van der Waals surface area contributed by atoms with Gasteiger partial charge in [-0.1, -0.05) is 18.7 Å². The maximum atomic E-state index is 10.3. The second-order valence-electron chi connectivity index (χ2n) is 3.99. The zero-order valence-corrected chi connectivity index (χ0v) is 10.6. The van der Waals surface area contributed by atoms with E-state index in [4.69, 9.17) is 5.73 Å². The molecule has 1 rings (SSSR count). The second kappa shape index (κ2) is 5.98. The number of carbonyl (C=O) groups excluding carboxylic acids is 1. The van der Waals surface area contributed by atoms with Crippen molar-refractivity contribution in [2.24, 2.45) is 10.7 Å². The molecule has 0 bridgehead atoms. The van der Waals surface area contributed by atoms with E-state index in [1.54, 1.807) is 11.8 Å². The first-order valence-corrected chi connectivity index (χ1v) is 6.42.